The Hall–Kier alpha value is -4.07. The minimum absolute atomic E-state index is 0.0357. The van der Waals surface area contributed by atoms with Crippen LogP contribution in [0.2, 0.25) is 0 Å². The molecule has 148 valence electrons. The molecule has 1 aliphatic rings. The monoisotopic (exact) mass is 398 g/mol. The molecule has 0 saturated heterocycles. The second-order valence-electron chi connectivity index (χ2n) is 7.25. The standard InChI is InChI=1S/C22H18N6O2/c29-21(13-3-4-13)26-17-8-15(10-24-12-17)14-5-6-19-18(9-14)20(28-27-19)22(30)25-16-2-1-7-23-11-16/h1-2,5-13H,3-4H2,(H,25,30)(H,26,29)(H,27,28). The van der Waals surface area contributed by atoms with Crippen LogP contribution in [0.25, 0.3) is 22.0 Å². The number of H-pyrrole nitrogens is 1. The number of fused-ring (bicyclic) bond motifs is 1. The summed E-state index contributed by atoms with van der Waals surface area (Å²) in [6, 6.07) is 11.1. The second-order valence-corrected chi connectivity index (χ2v) is 7.25. The second kappa shape index (κ2) is 7.40. The lowest BCUT2D eigenvalue weighted by Gasteiger charge is -2.07. The molecule has 1 aromatic carbocycles. The average molecular weight is 398 g/mol. The van der Waals surface area contributed by atoms with E-state index in [1.54, 1.807) is 36.9 Å². The van der Waals surface area contributed by atoms with Gasteiger partial charge in [0, 0.05) is 29.3 Å². The molecule has 8 heteroatoms. The Morgan fingerprint density at radius 3 is 2.60 bits per heavy atom. The summed E-state index contributed by atoms with van der Waals surface area (Å²) in [5.74, 6) is -0.166. The average Bonchev–Trinajstić information content (AvgIpc) is 3.54. The third-order valence-electron chi connectivity index (χ3n) is 4.98. The number of hydrogen-bond acceptors (Lipinski definition) is 5. The molecule has 4 aromatic rings. The van der Waals surface area contributed by atoms with Crippen molar-refractivity contribution in [2.24, 2.45) is 5.92 Å². The van der Waals surface area contributed by atoms with E-state index < -0.39 is 0 Å². The number of aromatic amines is 1. The lowest BCUT2D eigenvalue weighted by molar-refractivity contribution is -0.117. The Morgan fingerprint density at radius 1 is 0.933 bits per heavy atom. The van der Waals surface area contributed by atoms with Crippen LogP contribution in [0.4, 0.5) is 11.4 Å². The van der Waals surface area contributed by atoms with Gasteiger partial charge >= 0.3 is 0 Å². The van der Waals surface area contributed by atoms with Gasteiger partial charge < -0.3 is 10.6 Å². The van der Waals surface area contributed by atoms with Gasteiger partial charge in [-0.05, 0) is 48.7 Å². The fourth-order valence-electron chi connectivity index (χ4n) is 3.25. The first-order chi connectivity index (χ1) is 14.7. The lowest BCUT2D eigenvalue weighted by atomic mass is 10.0. The van der Waals surface area contributed by atoms with E-state index in [-0.39, 0.29) is 17.7 Å². The van der Waals surface area contributed by atoms with Crippen molar-refractivity contribution in [3.63, 3.8) is 0 Å². The summed E-state index contributed by atoms with van der Waals surface area (Å²) >= 11 is 0. The van der Waals surface area contributed by atoms with Gasteiger partial charge in [0.1, 0.15) is 0 Å². The first-order valence-corrected chi connectivity index (χ1v) is 9.63. The molecule has 0 unspecified atom stereocenters. The smallest absolute Gasteiger partial charge is 0.276 e. The van der Waals surface area contributed by atoms with E-state index in [1.807, 2.05) is 24.3 Å². The number of anilines is 2. The van der Waals surface area contributed by atoms with Gasteiger partial charge in [0.15, 0.2) is 5.69 Å². The third kappa shape index (κ3) is 3.62. The molecule has 1 fully saturated rings. The van der Waals surface area contributed by atoms with E-state index >= 15 is 0 Å². The van der Waals surface area contributed by atoms with Crippen LogP contribution in [0.15, 0.2) is 61.2 Å². The fraction of sp³-hybridized carbons (Fsp3) is 0.136. The summed E-state index contributed by atoms with van der Waals surface area (Å²) in [6.07, 6.45) is 8.46. The van der Waals surface area contributed by atoms with Gasteiger partial charge in [-0.3, -0.25) is 24.7 Å². The number of aromatic nitrogens is 4. The van der Waals surface area contributed by atoms with Crippen molar-refractivity contribution in [2.45, 2.75) is 12.8 Å². The zero-order chi connectivity index (χ0) is 20.5. The van der Waals surface area contributed by atoms with E-state index in [2.05, 4.69) is 30.8 Å². The Bertz CT molecular complexity index is 1250. The number of amides is 2. The van der Waals surface area contributed by atoms with Crippen molar-refractivity contribution in [1.82, 2.24) is 20.2 Å². The maximum atomic E-state index is 12.7. The number of nitrogens with zero attached hydrogens (tertiary/aromatic N) is 3. The maximum Gasteiger partial charge on any atom is 0.276 e. The number of hydrogen-bond donors (Lipinski definition) is 3. The van der Waals surface area contributed by atoms with E-state index in [4.69, 9.17) is 0 Å². The summed E-state index contributed by atoms with van der Waals surface area (Å²) < 4.78 is 0. The van der Waals surface area contributed by atoms with Gasteiger partial charge in [0.05, 0.1) is 29.3 Å². The molecule has 3 heterocycles. The lowest BCUT2D eigenvalue weighted by Crippen LogP contribution is -2.13. The highest BCUT2D eigenvalue weighted by atomic mass is 16.2. The minimum Gasteiger partial charge on any atom is -0.324 e. The topological polar surface area (TPSA) is 113 Å². The van der Waals surface area contributed by atoms with Crippen LogP contribution in [-0.4, -0.2) is 32.0 Å². The Kier molecular flexibility index (Phi) is 4.44. The molecule has 3 N–H and O–H groups in total. The van der Waals surface area contributed by atoms with Gasteiger partial charge in [0.25, 0.3) is 5.91 Å². The van der Waals surface area contributed by atoms with Crippen molar-refractivity contribution in [2.75, 3.05) is 10.6 Å². The zero-order valence-electron chi connectivity index (χ0n) is 15.9. The predicted molar refractivity (Wildman–Crippen MR) is 113 cm³/mol. The molecule has 1 aliphatic carbocycles. The Labute approximate surface area is 171 Å². The predicted octanol–water partition coefficient (Wildman–Crippen LogP) is 3.62. The molecule has 0 bridgehead atoms. The number of carbonyl (C=O) groups is 2. The van der Waals surface area contributed by atoms with Crippen molar-refractivity contribution in [3.8, 4) is 11.1 Å². The molecule has 30 heavy (non-hydrogen) atoms. The van der Waals surface area contributed by atoms with Crippen LogP contribution >= 0.6 is 0 Å². The van der Waals surface area contributed by atoms with Crippen molar-refractivity contribution in [1.29, 1.82) is 0 Å². The highest BCUT2D eigenvalue weighted by Gasteiger charge is 2.29. The largest absolute Gasteiger partial charge is 0.324 e. The van der Waals surface area contributed by atoms with Crippen molar-refractivity contribution in [3.05, 3.63) is 66.9 Å². The number of nitrogens with one attached hydrogen (secondary N) is 3. The SMILES string of the molecule is O=C(Nc1cccnc1)c1n[nH]c2ccc(-c3cncc(NC(=O)C4CC4)c3)cc12. The van der Waals surface area contributed by atoms with E-state index in [0.717, 1.165) is 29.5 Å². The minimum atomic E-state index is -0.324. The number of pyridine rings is 2. The first kappa shape index (κ1) is 18.0. The van der Waals surface area contributed by atoms with Gasteiger partial charge in [-0.1, -0.05) is 6.07 Å². The van der Waals surface area contributed by atoms with Gasteiger partial charge in [-0.25, -0.2) is 0 Å². The summed E-state index contributed by atoms with van der Waals surface area (Å²) in [7, 11) is 0. The van der Waals surface area contributed by atoms with E-state index in [1.165, 1.54) is 0 Å². The number of rotatable bonds is 5. The molecule has 0 aliphatic heterocycles. The normalized spacial score (nSPS) is 13.2. The summed E-state index contributed by atoms with van der Waals surface area (Å²) in [5, 5.41) is 13.5. The highest BCUT2D eigenvalue weighted by molar-refractivity contribution is 6.11. The molecule has 8 nitrogen and oxygen atoms in total. The molecule has 0 radical (unpaired) electrons. The molecule has 3 aromatic heterocycles. The molecular weight excluding hydrogens is 380 g/mol. The molecule has 0 spiro atoms. The molecule has 2 amide bonds. The maximum absolute atomic E-state index is 12.7. The van der Waals surface area contributed by atoms with Crippen LogP contribution in [0, 0.1) is 5.92 Å². The van der Waals surface area contributed by atoms with Crippen molar-refractivity contribution < 1.29 is 9.59 Å². The molecule has 5 rings (SSSR count). The van der Waals surface area contributed by atoms with E-state index in [9.17, 15) is 9.59 Å². The third-order valence-corrected chi connectivity index (χ3v) is 4.98. The van der Waals surface area contributed by atoms with Crippen molar-refractivity contribution >= 4 is 34.1 Å². The van der Waals surface area contributed by atoms with Gasteiger partial charge in [-0.2, -0.15) is 5.10 Å². The van der Waals surface area contributed by atoms with E-state index in [0.29, 0.717) is 22.5 Å². The summed E-state index contributed by atoms with van der Waals surface area (Å²) in [4.78, 5) is 33.0. The van der Waals surface area contributed by atoms with Crippen LogP contribution in [0.5, 0.6) is 0 Å². The van der Waals surface area contributed by atoms with Crippen LogP contribution in [-0.2, 0) is 4.79 Å². The molecule has 1 saturated carbocycles. The van der Waals surface area contributed by atoms with Gasteiger partial charge in [0.2, 0.25) is 5.91 Å². The summed E-state index contributed by atoms with van der Waals surface area (Å²) in [5.41, 5.74) is 4.01. The quantitative estimate of drug-likeness (QED) is 0.475. The molecular formula is C22H18N6O2. The first-order valence-electron chi connectivity index (χ1n) is 9.63. The zero-order valence-corrected chi connectivity index (χ0v) is 15.9. The Morgan fingerprint density at radius 2 is 1.80 bits per heavy atom. The van der Waals surface area contributed by atoms with Crippen LogP contribution in [0.3, 0.4) is 0 Å². The van der Waals surface area contributed by atoms with Crippen LogP contribution in [0.1, 0.15) is 23.3 Å². The summed E-state index contributed by atoms with van der Waals surface area (Å²) in [6.45, 7) is 0. The Balaban J connectivity index is 1.44. The fourth-order valence-corrected chi connectivity index (χ4v) is 3.25. The molecule has 0 atom stereocenters. The van der Waals surface area contributed by atoms with Crippen LogP contribution < -0.4 is 10.6 Å². The highest BCUT2D eigenvalue weighted by Crippen LogP contribution is 2.31. The number of benzene rings is 1. The van der Waals surface area contributed by atoms with Gasteiger partial charge in [-0.15, -0.1) is 0 Å². The number of carbonyl (C=O) groups excluding carboxylic acids is 2.